The van der Waals surface area contributed by atoms with Crippen LogP contribution < -0.4 is 14.9 Å². The third-order valence-corrected chi connectivity index (χ3v) is 7.04. The van der Waals surface area contributed by atoms with Crippen molar-refractivity contribution in [2.45, 2.75) is 4.90 Å². The number of hydrogen-bond donors (Lipinski definition) is 2. The van der Waals surface area contributed by atoms with Crippen LogP contribution in [0.4, 0.5) is 22.2 Å². The van der Waals surface area contributed by atoms with Crippen molar-refractivity contribution in [2.75, 3.05) is 41.2 Å². The van der Waals surface area contributed by atoms with E-state index in [9.17, 15) is 23.3 Å². The second-order valence-electron chi connectivity index (χ2n) is 6.98. The molecule has 1 amide bonds. The van der Waals surface area contributed by atoms with Crippen LogP contribution in [0.5, 0.6) is 0 Å². The number of morpholine rings is 1. The molecule has 1 aromatic heterocycles. The molecule has 4 rings (SSSR count). The molecule has 0 radical (unpaired) electrons. The molecule has 1 fully saturated rings. The number of sulfonamides is 1. The first-order chi connectivity index (χ1) is 15.8. The Hall–Kier alpha value is -3.55. The SMILES string of the molecule is O=C(Nc1ccc(S(=O)(=O)Nc2nccs2)cc1)c1cc([N+](=O)[O-])ccc1N1CCOCC1. The Morgan fingerprint density at radius 2 is 1.88 bits per heavy atom. The Bertz CT molecular complexity index is 1260. The number of thiazole rings is 1. The summed E-state index contributed by atoms with van der Waals surface area (Å²) in [5.41, 5.74) is 0.848. The normalized spacial score (nSPS) is 14.0. The predicted molar refractivity (Wildman–Crippen MR) is 123 cm³/mol. The number of nitrogens with one attached hydrogen (secondary N) is 2. The van der Waals surface area contributed by atoms with Crippen molar-refractivity contribution < 1.29 is 22.9 Å². The minimum absolute atomic E-state index is 0.0000497. The third kappa shape index (κ3) is 5.27. The van der Waals surface area contributed by atoms with Gasteiger partial charge >= 0.3 is 0 Å². The highest BCUT2D eigenvalue weighted by Crippen LogP contribution is 2.28. The zero-order chi connectivity index (χ0) is 23.4. The fraction of sp³-hybridized carbons (Fsp3) is 0.200. The number of anilines is 3. The number of aromatic nitrogens is 1. The van der Waals surface area contributed by atoms with Crippen LogP contribution in [0, 0.1) is 10.1 Å². The molecule has 13 heteroatoms. The molecule has 1 aliphatic heterocycles. The Kier molecular flexibility index (Phi) is 6.53. The van der Waals surface area contributed by atoms with E-state index in [2.05, 4.69) is 15.0 Å². The van der Waals surface area contributed by atoms with E-state index in [-0.39, 0.29) is 21.3 Å². The van der Waals surface area contributed by atoms with E-state index in [1.807, 2.05) is 4.90 Å². The Morgan fingerprint density at radius 3 is 2.52 bits per heavy atom. The van der Waals surface area contributed by atoms with Crippen LogP contribution >= 0.6 is 11.3 Å². The molecule has 2 N–H and O–H groups in total. The smallest absolute Gasteiger partial charge is 0.270 e. The van der Waals surface area contributed by atoms with Crippen LogP contribution in [0.1, 0.15) is 10.4 Å². The number of carbonyl (C=O) groups excluding carboxylic acids is 1. The topological polar surface area (TPSA) is 144 Å². The summed E-state index contributed by atoms with van der Waals surface area (Å²) >= 11 is 1.15. The van der Waals surface area contributed by atoms with E-state index in [0.717, 1.165) is 11.3 Å². The van der Waals surface area contributed by atoms with Crippen LogP contribution in [0.15, 0.2) is 58.9 Å². The molecule has 0 bridgehead atoms. The summed E-state index contributed by atoms with van der Waals surface area (Å²) in [5, 5.41) is 15.8. The van der Waals surface area contributed by atoms with Gasteiger partial charge in [0.25, 0.3) is 21.6 Å². The van der Waals surface area contributed by atoms with E-state index in [1.165, 1.54) is 42.6 Å². The van der Waals surface area contributed by atoms with Crippen LogP contribution in [-0.4, -0.2) is 50.5 Å². The van der Waals surface area contributed by atoms with Gasteiger partial charge in [-0.25, -0.2) is 13.4 Å². The van der Waals surface area contributed by atoms with Crippen molar-refractivity contribution in [3.8, 4) is 0 Å². The molecule has 11 nitrogen and oxygen atoms in total. The molecule has 0 spiro atoms. The molecule has 1 saturated heterocycles. The summed E-state index contributed by atoms with van der Waals surface area (Å²) in [5.74, 6) is -0.545. The lowest BCUT2D eigenvalue weighted by Gasteiger charge is -2.30. The number of nitrogens with zero attached hydrogens (tertiary/aromatic N) is 3. The Morgan fingerprint density at radius 1 is 1.15 bits per heavy atom. The Balaban J connectivity index is 1.55. The molecular weight excluding hydrogens is 470 g/mol. The highest BCUT2D eigenvalue weighted by Gasteiger charge is 2.22. The number of nitro groups is 1. The summed E-state index contributed by atoms with van der Waals surface area (Å²) in [6.07, 6.45) is 1.49. The van der Waals surface area contributed by atoms with Gasteiger partial charge in [0.05, 0.1) is 34.3 Å². The molecule has 2 heterocycles. The molecule has 0 saturated carbocycles. The van der Waals surface area contributed by atoms with Crippen LogP contribution in [0.2, 0.25) is 0 Å². The summed E-state index contributed by atoms with van der Waals surface area (Å²) in [7, 11) is -3.83. The minimum Gasteiger partial charge on any atom is -0.378 e. The molecule has 0 atom stereocenters. The van der Waals surface area contributed by atoms with Gasteiger partial charge in [-0.05, 0) is 30.3 Å². The van der Waals surface area contributed by atoms with E-state index >= 15 is 0 Å². The summed E-state index contributed by atoms with van der Waals surface area (Å²) < 4.78 is 32.6. The first-order valence-electron chi connectivity index (χ1n) is 9.78. The number of non-ortho nitro benzene ring substituents is 1. The molecule has 2 aromatic carbocycles. The fourth-order valence-electron chi connectivity index (χ4n) is 3.26. The maximum atomic E-state index is 13.0. The first kappa shape index (κ1) is 22.6. The summed E-state index contributed by atoms with van der Waals surface area (Å²) in [4.78, 5) is 29.5. The molecule has 0 aliphatic carbocycles. The van der Waals surface area contributed by atoms with E-state index in [4.69, 9.17) is 4.74 Å². The first-order valence-corrected chi connectivity index (χ1v) is 12.1. The predicted octanol–water partition coefficient (Wildman–Crippen LogP) is 2.94. The van der Waals surface area contributed by atoms with Crippen molar-refractivity contribution in [1.82, 2.24) is 4.98 Å². The minimum atomic E-state index is -3.83. The number of nitro benzene ring substituents is 1. The second-order valence-corrected chi connectivity index (χ2v) is 9.56. The lowest BCUT2D eigenvalue weighted by molar-refractivity contribution is -0.384. The summed E-state index contributed by atoms with van der Waals surface area (Å²) in [6.45, 7) is 2.08. The van der Waals surface area contributed by atoms with Crippen molar-refractivity contribution >= 4 is 49.5 Å². The van der Waals surface area contributed by atoms with Gasteiger partial charge in [-0.3, -0.25) is 19.6 Å². The number of hydrogen-bond acceptors (Lipinski definition) is 9. The van der Waals surface area contributed by atoms with E-state index in [1.54, 1.807) is 11.4 Å². The standard InChI is InChI=1S/C20H19N5O6S2/c26-19(17-13-15(25(27)28)3-6-18(17)24-8-10-31-11-9-24)22-14-1-4-16(5-2-14)33(29,30)23-20-21-7-12-32-20/h1-7,12-13H,8-11H2,(H,21,23)(H,22,26). The van der Waals surface area contributed by atoms with Crippen LogP contribution in [0.3, 0.4) is 0 Å². The fourth-order valence-corrected chi connectivity index (χ4v) is 5.05. The van der Waals surface area contributed by atoms with Gasteiger partial charge in [0.1, 0.15) is 0 Å². The number of benzene rings is 2. The van der Waals surface area contributed by atoms with Gasteiger partial charge in [-0.1, -0.05) is 0 Å². The van der Waals surface area contributed by atoms with Gasteiger partial charge in [0.2, 0.25) is 0 Å². The third-order valence-electron chi connectivity index (χ3n) is 4.86. The highest BCUT2D eigenvalue weighted by atomic mass is 32.2. The molecule has 1 aliphatic rings. The molecule has 172 valence electrons. The van der Waals surface area contributed by atoms with Crippen molar-refractivity contribution in [2.24, 2.45) is 0 Å². The maximum absolute atomic E-state index is 13.0. The number of amides is 1. The van der Waals surface area contributed by atoms with Crippen LogP contribution in [-0.2, 0) is 14.8 Å². The van der Waals surface area contributed by atoms with Gasteiger partial charge in [-0.15, -0.1) is 11.3 Å². The highest BCUT2D eigenvalue weighted by molar-refractivity contribution is 7.93. The number of ether oxygens (including phenoxy) is 1. The molecule has 0 unspecified atom stereocenters. The molecular formula is C20H19N5O6S2. The average Bonchev–Trinajstić information content (AvgIpc) is 3.32. The molecule has 33 heavy (non-hydrogen) atoms. The van der Waals surface area contributed by atoms with Crippen molar-refractivity contribution in [3.05, 3.63) is 69.7 Å². The number of rotatable bonds is 7. The lowest BCUT2D eigenvalue weighted by Crippen LogP contribution is -2.37. The van der Waals surface area contributed by atoms with E-state index < -0.39 is 20.9 Å². The monoisotopic (exact) mass is 489 g/mol. The average molecular weight is 490 g/mol. The Labute approximate surface area is 193 Å². The quantitative estimate of drug-likeness (QED) is 0.381. The van der Waals surface area contributed by atoms with Gasteiger partial charge < -0.3 is 15.0 Å². The lowest BCUT2D eigenvalue weighted by atomic mass is 10.1. The molecule has 3 aromatic rings. The zero-order valence-corrected chi connectivity index (χ0v) is 18.8. The zero-order valence-electron chi connectivity index (χ0n) is 17.1. The summed E-state index contributed by atoms with van der Waals surface area (Å²) in [6, 6.07) is 9.73. The van der Waals surface area contributed by atoms with Gasteiger partial charge in [0.15, 0.2) is 5.13 Å². The van der Waals surface area contributed by atoms with Crippen molar-refractivity contribution in [1.29, 1.82) is 0 Å². The van der Waals surface area contributed by atoms with E-state index in [0.29, 0.717) is 37.7 Å². The van der Waals surface area contributed by atoms with Gasteiger partial charge in [0, 0.05) is 42.5 Å². The number of carbonyl (C=O) groups is 1. The largest absolute Gasteiger partial charge is 0.378 e. The van der Waals surface area contributed by atoms with Crippen LogP contribution in [0.25, 0.3) is 0 Å². The van der Waals surface area contributed by atoms with Crippen molar-refractivity contribution in [3.63, 3.8) is 0 Å². The second kappa shape index (κ2) is 9.52. The maximum Gasteiger partial charge on any atom is 0.270 e. The van der Waals surface area contributed by atoms with Gasteiger partial charge in [-0.2, -0.15) is 0 Å².